The second-order valence-corrected chi connectivity index (χ2v) is 4.35. The van der Waals surface area contributed by atoms with E-state index in [1.807, 2.05) is 0 Å². The number of hydrogen-bond donors (Lipinski definition) is 0. The summed E-state index contributed by atoms with van der Waals surface area (Å²) in [4.78, 5) is 4.18. The normalized spacial score (nSPS) is 11.1. The maximum absolute atomic E-state index is 12.8. The van der Waals surface area contributed by atoms with E-state index in [4.69, 9.17) is 4.52 Å². The average molecular weight is 284 g/mol. The number of aromatic nitrogens is 2. The van der Waals surface area contributed by atoms with Crippen molar-refractivity contribution in [3.8, 4) is 11.4 Å². The number of hydrogen-bond acceptors (Lipinski definition) is 3. The number of halogens is 2. The summed E-state index contributed by atoms with van der Waals surface area (Å²) in [6, 6.07) is 11.8. The molecule has 21 heavy (non-hydrogen) atoms. The molecule has 0 saturated heterocycles. The molecule has 0 aliphatic heterocycles. The molecular weight excluding hydrogens is 274 g/mol. The molecule has 0 radical (unpaired) electrons. The van der Waals surface area contributed by atoms with Gasteiger partial charge in [-0.1, -0.05) is 17.3 Å². The van der Waals surface area contributed by atoms with Crippen molar-refractivity contribution in [2.45, 2.75) is 0 Å². The van der Waals surface area contributed by atoms with Crippen LogP contribution in [0.25, 0.3) is 23.5 Å². The molecule has 0 spiro atoms. The fraction of sp³-hybridized carbons (Fsp3) is 0. The molecule has 0 N–H and O–H groups in total. The fourth-order valence-corrected chi connectivity index (χ4v) is 1.76. The quantitative estimate of drug-likeness (QED) is 0.724. The second kappa shape index (κ2) is 5.66. The lowest BCUT2D eigenvalue weighted by atomic mass is 10.2. The van der Waals surface area contributed by atoms with Crippen molar-refractivity contribution in [3.63, 3.8) is 0 Å². The van der Waals surface area contributed by atoms with Gasteiger partial charge >= 0.3 is 0 Å². The van der Waals surface area contributed by atoms with Gasteiger partial charge in [-0.25, -0.2) is 8.78 Å². The topological polar surface area (TPSA) is 38.9 Å². The predicted molar refractivity (Wildman–Crippen MR) is 75.0 cm³/mol. The lowest BCUT2D eigenvalue weighted by Crippen LogP contribution is -1.81. The van der Waals surface area contributed by atoms with E-state index >= 15 is 0 Å². The van der Waals surface area contributed by atoms with E-state index in [1.54, 1.807) is 36.4 Å². The third-order valence-corrected chi connectivity index (χ3v) is 2.83. The van der Waals surface area contributed by atoms with Crippen molar-refractivity contribution in [1.29, 1.82) is 0 Å². The number of rotatable bonds is 3. The zero-order chi connectivity index (χ0) is 14.7. The van der Waals surface area contributed by atoms with Crippen LogP contribution < -0.4 is 0 Å². The molecule has 0 aliphatic rings. The van der Waals surface area contributed by atoms with Gasteiger partial charge in [0.15, 0.2) is 0 Å². The molecule has 1 heterocycles. The molecular formula is C16H10F2N2O. The van der Waals surface area contributed by atoms with Gasteiger partial charge in [0.25, 0.3) is 5.89 Å². The zero-order valence-electron chi connectivity index (χ0n) is 10.8. The van der Waals surface area contributed by atoms with Gasteiger partial charge in [0.05, 0.1) is 0 Å². The smallest absolute Gasteiger partial charge is 0.250 e. The summed E-state index contributed by atoms with van der Waals surface area (Å²) in [6.45, 7) is 0. The molecule has 0 bridgehead atoms. The van der Waals surface area contributed by atoms with E-state index in [-0.39, 0.29) is 11.6 Å². The van der Waals surface area contributed by atoms with E-state index < -0.39 is 0 Å². The van der Waals surface area contributed by atoms with Crippen molar-refractivity contribution in [3.05, 3.63) is 71.6 Å². The lowest BCUT2D eigenvalue weighted by molar-refractivity contribution is 0.411. The van der Waals surface area contributed by atoms with Crippen LogP contribution in [0.5, 0.6) is 0 Å². The van der Waals surface area contributed by atoms with Crippen LogP contribution in [0.3, 0.4) is 0 Å². The van der Waals surface area contributed by atoms with E-state index in [0.29, 0.717) is 17.3 Å². The molecule has 0 saturated carbocycles. The largest absolute Gasteiger partial charge is 0.334 e. The highest BCUT2D eigenvalue weighted by Crippen LogP contribution is 2.17. The molecule has 3 nitrogen and oxygen atoms in total. The van der Waals surface area contributed by atoms with Gasteiger partial charge in [-0.05, 0) is 48.0 Å². The lowest BCUT2D eigenvalue weighted by Gasteiger charge is -1.92. The Kier molecular flexibility index (Phi) is 3.55. The summed E-state index contributed by atoms with van der Waals surface area (Å²) < 4.78 is 30.7. The highest BCUT2D eigenvalue weighted by molar-refractivity contribution is 5.66. The molecule has 0 fully saturated rings. The third kappa shape index (κ3) is 3.20. The zero-order valence-corrected chi connectivity index (χ0v) is 10.8. The van der Waals surface area contributed by atoms with E-state index in [0.717, 1.165) is 5.56 Å². The van der Waals surface area contributed by atoms with E-state index in [1.165, 1.54) is 24.3 Å². The van der Waals surface area contributed by atoms with Crippen molar-refractivity contribution in [1.82, 2.24) is 10.1 Å². The van der Waals surface area contributed by atoms with Crippen molar-refractivity contribution in [2.75, 3.05) is 0 Å². The van der Waals surface area contributed by atoms with Crippen molar-refractivity contribution >= 4 is 12.2 Å². The minimum Gasteiger partial charge on any atom is -0.334 e. The van der Waals surface area contributed by atoms with Crippen LogP contribution in [0.15, 0.2) is 53.1 Å². The summed E-state index contributed by atoms with van der Waals surface area (Å²) in [7, 11) is 0. The fourth-order valence-electron chi connectivity index (χ4n) is 1.76. The maximum Gasteiger partial charge on any atom is 0.250 e. The number of benzene rings is 2. The second-order valence-electron chi connectivity index (χ2n) is 4.35. The molecule has 5 heteroatoms. The first-order valence-corrected chi connectivity index (χ1v) is 6.24. The van der Waals surface area contributed by atoms with E-state index in [9.17, 15) is 8.78 Å². The molecule has 0 amide bonds. The summed E-state index contributed by atoms with van der Waals surface area (Å²) >= 11 is 0. The van der Waals surface area contributed by atoms with Gasteiger partial charge in [0.2, 0.25) is 5.82 Å². The van der Waals surface area contributed by atoms with E-state index in [2.05, 4.69) is 10.1 Å². The van der Waals surface area contributed by atoms with Gasteiger partial charge in [-0.2, -0.15) is 4.98 Å². The Morgan fingerprint density at radius 3 is 2.10 bits per heavy atom. The highest BCUT2D eigenvalue weighted by Gasteiger charge is 2.06. The molecule has 0 atom stereocenters. The van der Waals surface area contributed by atoms with Gasteiger partial charge in [-0.3, -0.25) is 0 Å². The Labute approximate surface area is 119 Å². The molecule has 3 rings (SSSR count). The molecule has 2 aromatic carbocycles. The minimum absolute atomic E-state index is 0.288. The average Bonchev–Trinajstić information content (AvgIpc) is 2.96. The van der Waals surface area contributed by atoms with Crippen LogP contribution in [0.2, 0.25) is 0 Å². The molecule has 3 aromatic rings. The first-order chi connectivity index (χ1) is 10.2. The maximum atomic E-state index is 12.8. The number of nitrogens with zero attached hydrogens (tertiary/aromatic N) is 2. The first kappa shape index (κ1) is 13.2. The summed E-state index contributed by atoms with van der Waals surface area (Å²) in [5.74, 6) is 0.0922. The van der Waals surface area contributed by atoms with Crippen LogP contribution in [-0.2, 0) is 0 Å². The Morgan fingerprint density at radius 1 is 0.810 bits per heavy atom. The highest BCUT2D eigenvalue weighted by atomic mass is 19.1. The van der Waals surface area contributed by atoms with Crippen LogP contribution in [0.1, 0.15) is 11.5 Å². The van der Waals surface area contributed by atoms with Crippen molar-refractivity contribution < 1.29 is 13.3 Å². The molecule has 1 aromatic heterocycles. The molecule has 0 aliphatic carbocycles. The summed E-state index contributed by atoms with van der Waals surface area (Å²) in [6.07, 6.45) is 3.37. The molecule has 0 unspecified atom stereocenters. The van der Waals surface area contributed by atoms with Crippen molar-refractivity contribution in [2.24, 2.45) is 0 Å². The molecule has 104 valence electrons. The van der Waals surface area contributed by atoms with Crippen LogP contribution in [0.4, 0.5) is 8.78 Å². The Hall–Kier alpha value is -2.82. The summed E-state index contributed by atoms with van der Waals surface area (Å²) in [5, 5.41) is 3.82. The van der Waals surface area contributed by atoms with Gasteiger partial charge in [0.1, 0.15) is 11.6 Å². The first-order valence-electron chi connectivity index (χ1n) is 6.24. The Morgan fingerprint density at radius 2 is 1.43 bits per heavy atom. The Balaban J connectivity index is 1.78. The SMILES string of the molecule is Fc1ccc(/C=C/c2nc(-c3ccc(F)cc3)no2)cc1. The third-order valence-electron chi connectivity index (χ3n) is 2.83. The predicted octanol–water partition coefficient (Wildman–Crippen LogP) is 4.19. The summed E-state index contributed by atoms with van der Waals surface area (Å²) in [5.41, 5.74) is 1.49. The van der Waals surface area contributed by atoms with Crippen LogP contribution >= 0.6 is 0 Å². The van der Waals surface area contributed by atoms with Gasteiger partial charge in [0, 0.05) is 11.6 Å². The van der Waals surface area contributed by atoms with Crippen LogP contribution in [0, 0.1) is 11.6 Å². The minimum atomic E-state index is -0.321. The van der Waals surface area contributed by atoms with Crippen LogP contribution in [-0.4, -0.2) is 10.1 Å². The van der Waals surface area contributed by atoms with Gasteiger partial charge in [-0.15, -0.1) is 0 Å². The Bertz CT molecular complexity index is 762. The standard InChI is InChI=1S/C16H10F2N2O/c17-13-6-1-11(2-7-13)3-10-15-19-16(20-21-15)12-4-8-14(18)9-5-12/h1-10H/b10-3+. The van der Waals surface area contributed by atoms with Gasteiger partial charge < -0.3 is 4.52 Å². The monoisotopic (exact) mass is 284 g/mol.